The Morgan fingerprint density at radius 2 is 1.61 bits per heavy atom. The minimum Gasteiger partial charge on any atom is -0.340 e. The summed E-state index contributed by atoms with van der Waals surface area (Å²) in [6.45, 7) is 0.214. The van der Waals surface area contributed by atoms with Gasteiger partial charge in [0.15, 0.2) is 0 Å². The molecule has 0 unspecified atom stereocenters. The maximum Gasteiger partial charge on any atom is 0.246 e. The van der Waals surface area contributed by atoms with Gasteiger partial charge in [-0.05, 0) is 36.2 Å². The molecule has 2 aromatic carbocycles. The highest BCUT2D eigenvalue weighted by molar-refractivity contribution is 7.89. The third-order valence-electron chi connectivity index (χ3n) is 4.67. The van der Waals surface area contributed by atoms with Crippen molar-refractivity contribution in [1.29, 1.82) is 0 Å². The van der Waals surface area contributed by atoms with Crippen molar-refractivity contribution in [2.75, 3.05) is 26.2 Å². The maximum atomic E-state index is 13.9. The number of hydrogen-bond acceptors (Lipinski definition) is 3. The van der Waals surface area contributed by atoms with Crippen molar-refractivity contribution in [3.63, 3.8) is 0 Å². The first kappa shape index (κ1) is 20.3. The Balaban J connectivity index is 1.60. The monoisotopic (exact) mass is 412 g/mol. The molecular weight excluding hydrogens is 393 g/mol. The van der Waals surface area contributed by atoms with Gasteiger partial charge in [-0.2, -0.15) is 4.31 Å². The molecule has 0 N–H and O–H groups in total. The standard InChI is InChI=1S/C19H19F3N2O3S/c20-15-6-7-17(22)18(13-15)28(26,27)24-11-9-23(10-12-24)19(25)8-5-14-3-1-2-4-16(14)21/h1-4,6-7,13H,5,8-12H2. The molecule has 3 rings (SSSR count). The zero-order chi connectivity index (χ0) is 20.3. The summed E-state index contributed by atoms with van der Waals surface area (Å²) in [4.78, 5) is 13.1. The second-order valence-electron chi connectivity index (χ2n) is 6.45. The molecule has 2 aromatic rings. The lowest BCUT2D eigenvalue weighted by atomic mass is 10.1. The molecule has 1 heterocycles. The number of rotatable bonds is 5. The van der Waals surface area contributed by atoms with E-state index in [1.54, 1.807) is 18.2 Å². The van der Waals surface area contributed by atoms with Crippen molar-refractivity contribution in [2.24, 2.45) is 0 Å². The number of piperazine rings is 1. The third-order valence-corrected chi connectivity index (χ3v) is 6.58. The Morgan fingerprint density at radius 3 is 2.29 bits per heavy atom. The fourth-order valence-electron chi connectivity index (χ4n) is 3.09. The first-order valence-corrected chi connectivity index (χ1v) is 10.2. The zero-order valence-corrected chi connectivity index (χ0v) is 15.8. The highest BCUT2D eigenvalue weighted by Gasteiger charge is 2.32. The van der Waals surface area contributed by atoms with Crippen molar-refractivity contribution in [3.05, 3.63) is 65.5 Å². The van der Waals surface area contributed by atoms with Gasteiger partial charge >= 0.3 is 0 Å². The quantitative estimate of drug-likeness (QED) is 0.759. The lowest BCUT2D eigenvalue weighted by Gasteiger charge is -2.34. The molecule has 0 radical (unpaired) electrons. The maximum absolute atomic E-state index is 13.9. The van der Waals surface area contributed by atoms with Crippen LogP contribution in [0.3, 0.4) is 0 Å². The van der Waals surface area contributed by atoms with Crippen LogP contribution in [0.2, 0.25) is 0 Å². The molecule has 0 atom stereocenters. The van der Waals surface area contributed by atoms with Crippen molar-refractivity contribution >= 4 is 15.9 Å². The minimum absolute atomic E-state index is 0.0241. The second kappa shape index (κ2) is 8.32. The van der Waals surface area contributed by atoms with E-state index >= 15 is 0 Å². The number of amides is 1. The predicted octanol–water partition coefficient (Wildman–Crippen LogP) is 2.57. The van der Waals surface area contributed by atoms with Gasteiger partial charge in [0, 0.05) is 32.6 Å². The van der Waals surface area contributed by atoms with E-state index < -0.39 is 26.6 Å². The van der Waals surface area contributed by atoms with Crippen LogP contribution in [-0.2, 0) is 21.2 Å². The van der Waals surface area contributed by atoms with Crippen molar-refractivity contribution in [1.82, 2.24) is 9.21 Å². The van der Waals surface area contributed by atoms with Crippen LogP contribution in [0.4, 0.5) is 13.2 Å². The van der Waals surface area contributed by atoms with E-state index in [2.05, 4.69) is 0 Å². The van der Waals surface area contributed by atoms with E-state index in [1.165, 1.54) is 11.0 Å². The van der Waals surface area contributed by atoms with E-state index in [9.17, 15) is 26.4 Å². The summed E-state index contributed by atoms with van der Waals surface area (Å²) in [7, 11) is -4.19. The smallest absolute Gasteiger partial charge is 0.246 e. The molecule has 1 aliphatic heterocycles. The van der Waals surface area contributed by atoms with Crippen LogP contribution in [0.1, 0.15) is 12.0 Å². The van der Waals surface area contributed by atoms with Crippen LogP contribution < -0.4 is 0 Å². The van der Waals surface area contributed by atoms with Crippen LogP contribution >= 0.6 is 0 Å². The molecule has 0 spiro atoms. The highest BCUT2D eigenvalue weighted by atomic mass is 32.2. The summed E-state index contributed by atoms with van der Waals surface area (Å²) < 4.78 is 67.0. The molecule has 150 valence electrons. The van der Waals surface area contributed by atoms with Gasteiger partial charge in [-0.3, -0.25) is 4.79 Å². The molecule has 0 bridgehead atoms. The van der Waals surface area contributed by atoms with Gasteiger partial charge in [0.25, 0.3) is 0 Å². The first-order valence-electron chi connectivity index (χ1n) is 8.75. The first-order chi connectivity index (χ1) is 13.3. The summed E-state index contributed by atoms with van der Waals surface area (Å²) in [6.07, 6.45) is 0.352. The Labute approximate surface area is 161 Å². The molecule has 28 heavy (non-hydrogen) atoms. The van der Waals surface area contributed by atoms with Crippen LogP contribution in [0.25, 0.3) is 0 Å². The Kier molecular flexibility index (Phi) is 6.04. The number of halogens is 3. The normalized spacial score (nSPS) is 15.6. The van der Waals surface area contributed by atoms with Gasteiger partial charge in [0.05, 0.1) is 0 Å². The molecular formula is C19H19F3N2O3S. The number of carbonyl (C=O) groups is 1. The SMILES string of the molecule is O=C(CCc1ccccc1F)N1CCN(S(=O)(=O)c2cc(F)ccc2F)CC1. The predicted molar refractivity (Wildman–Crippen MR) is 96.4 cm³/mol. The molecule has 1 amide bonds. The van der Waals surface area contributed by atoms with Crippen LogP contribution in [-0.4, -0.2) is 49.7 Å². The summed E-state index contributed by atoms with van der Waals surface area (Å²) >= 11 is 0. The largest absolute Gasteiger partial charge is 0.340 e. The number of sulfonamides is 1. The van der Waals surface area contributed by atoms with E-state index in [0.29, 0.717) is 11.6 Å². The molecule has 0 aromatic heterocycles. The number of benzene rings is 2. The van der Waals surface area contributed by atoms with Crippen LogP contribution in [0.15, 0.2) is 47.4 Å². The summed E-state index contributed by atoms with van der Waals surface area (Å²) in [5.41, 5.74) is 0.443. The summed E-state index contributed by atoms with van der Waals surface area (Å²) in [5, 5.41) is 0. The van der Waals surface area contributed by atoms with Gasteiger partial charge in [0.1, 0.15) is 22.3 Å². The van der Waals surface area contributed by atoms with E-state index in [1.807, 2.05) is 0 Å². The molecule has 5 nitrogen and oxygen atoms in total. The van der Waals surface area contributed by atoms with Crippen LogP contribution in [0.5, 0.6) is 0 Å². The lowest BCUT2D eigenvalue weighted by molar-refractivity contribution is -0.132. The molecule has 0 aliphatic carbocycles. The van der Waals surface area contributed by atoms with E-state index in [4.69, 9.17) is 0 Å². The average molecular weight is 412 g/mol. The summed E-state index contributed by atoms with van der Waals surface area (Å²) in [6, 6.07) is 8.47. The van der Waals surface area contributed by atoms with Crippen molar-refractivity contribution < 1.29 is 26.4 Å². The molecule has 0 saturated carbocycles. The zero-order valence-electron chi connectivity index (χ0n) is 14.9. The fraction of sp³-hybridized carbons (Fsp3) is 0.316. The molecule has 1 saturated heterocycles. The molecule has 1 fully saturated rings. The Hall–Kier alpha value is -2.39. The number of carbonyl (C=O) groups excluding carboxylic acids is 1. The third kappa shape index (κ3) is 4.36. The molecule has 9 heteroatoms. The van der Waals surface area contributed by atoms with Gasteiger partial charge < -0.3 is 4.90 Å². The number of aryl methyl sites for hydroxylation is 1. The highest BCUT2D eigenvalue weighted by Crippen LogP contribution is 2.22. The number of hydrogen-bond donors (Lipinski definition) is 0. The van der Waals surface area contributed by atoms with Crippen molar-refractivity contribution in [2.45, 2.75) is 17.7 Å². The second-order valence-corrected chi connectivity index (χ2v) is 8.36. The lowest BCUT2D eigenvalue weighted by Crippen LogP contribution is -2.50. The average Bonchev–Trinajstić information content (AvgIpc) is 2.69. The van der Waals surface area contributed by atoms with E-state index in [0.717, 1.165) is 16.4 Å². The Bertz CT molecular complexity index is 974. The van der Waals surface area contributed by atoms with Gasteiger partial charge in [-0.15, -0.1) is 0 Å². The van der Waals surface area contributed by atoms with Gasteiger partial charge in [-0.25, -0.2) is 21.6 Å². The minimum atomic E-state index is -4.19. The van der Waals surface area contributed by atoms with Crippen molar-refractivity contribution in [3.8, 4) is 0 Å². The number of nitrogens with zero attached hydrogens (tertiary/aromatic N) is 2. The van der Waals surface area contributed by atoms with Gasteiger partial charge in [-0.1, -0.05) is 18.2 Å². The van der Waals surface area contributed by atoms with E-state index in [-0.39, 0.29) is 50.7 Å². The Morgan fingerprint density at radius 1 is 0.929 bits per heavy atom. The fourth-order valence-corrected chi connectivity index (χ4v) is 4.59. The summed E-state index contributed by atoms with van der Waals surface area (Å²) in [5.74, 6) is -2.45. The molecule has 1 aliphatic rings. The topological polar surface area (TPSA) is 57.7 Å². The van der Waals surface area contributed by atoms with Crippen LogP contribution in [0, 0.1) is 17.5 Å². The van der Waals surface area contributed by atoms with Gasteiger partial charge in [0.2, 0.25) is 15.9 Å².